The summed E-state index contributed by atoms with van der Waals surface area (Å²) in [4.78, 5) is 30.3. The summed E-state index contributed by atoms with van der Waals surface area (Å²) in [6.45, 7) is 2.43. The monoisotopic (exact) mass is 562 g/mol. The smallest absolute Gasteiger partial charge is 0.371 e. The number of hydrogen-bond acceptors (Lipinski definition) is 6. The Bertz CT molecular complexity index is 1390. The van der Waals surface area contributed by atoms with Gasteiger partial charge in [0.15, 0.2) is 5.82 Å². The maximum Gasteiger partial charge on any atom is 0.416 e. The molecule has 3 atom stereocenters. The number of amides is 1. The molecule has 2 aromatic heterocycles. The highest BCUT2D eigenvalue weighted by molar-refractivity contribution is 5.80. The molecule has 0 radical (unpaired) electrons. The fourth-order valence-corrected chi connectivity index (χ4v) is 6.15. The zero-order valence-electron chi connectivity index (χ0n) is 22.7. The van der Waals surface area contributed by atoms with Crippen molar-refractivity contribution < 1.29 is 18.0 Å². The molecule has 41 heavy (non-hydrogen) atoms. The molecule has 3 aromatic rings. The van der Waals surface area contributed by atoms with Crippen molar-refractivity contribution in [2.45, 2.75) is 50.4 Å². The number of alkyl halides is 3. The fourth-order valence-electron chi connectivity index (χ4n) is 6.15. The van der Waals surface area contributed by atoms with Crippen LogP contribution >= 0.6 is 0 Å². The predicted octanol–water partition coefficient (Wildman–Crippen LogP) is 5.21. The molecular formula is C31H33F3N6O. The number of anilines is 1. The average Bonchev–Trinajstić information content (AvgIpc) is 3.68. The number of rotatable bonds is 6. The molecule has 1 aliphatic carbocycles. The number of halogens is 3. The lowest BCUT2D eigenvalue weighted by atomic mass is 9.92. The van der Waals surface area contributed by atoms with E-state index in [2.05, 4.69) is 26.3 Å². The van der Waals surface area contributed by atoms with Crippen molar-refractivity contribution in [1.29, 1.82) is 0 Å². The van der Waals surface area contributed by atoms with E-state index in [1.807, 2.05) is 28.1 Å². The minimum Gasteiger partial charge on any atom is -0.371 e. The molecule has 0 bridgehead atoms. The highest BCUT2D eigenvalue weighted by atomic mass is 19.4. The van der Waals surface area contributed by atoms with Crippen LogP contribution in [0.3, 0.4) is 0 Å². The van der Waals surface area contributed by atoms with E-state index in [-0.39, 0.29) is 17.9 Å². The van der Waals surface area contributed by atoms with Crippen LogP contribution in [0.5, 0.6) is 0 Å². The third-order valence-corrected chi connectivity index (χ3v) is 8.37. The molecule has 10 heteroatoms. The van der Waals surface area contributed by atoms with Gasteiger partial charge in [0.25, 0.3) is 0 Å². The average molecular weight is 563 g/mol. The molecule has 3 aliphatic rings. The molecule has 2 saturated heterocycles. The molecule has 0 spiro atoms. The fraction of sp³-hybridized carbons (Fsp3) is 0.419. The molecule has 7 nitrogen and oxygen atoms in total. The molecule has 0 saturated carbocycles. The van der Waals surface area contributed by atoms with Crippen molar-refractivity contribution in [3.8, 4) is 11.4 Å². The minimum absolute atomic E-state index is 0.116. The van der Waals surface area contributed by atoms with Crippen LogP contribution in [0.1, 0.15) is 43.4 Å². The first-order chi connectivity index (χ1) is 19.8. The molecule has 2 fully saturated rings. The lowest BCUT2D eigenvalue weighted by Crippen LogP contribution is -2.42. The molecule has 2 aliphatic heterocycles. The number of benzene rings is 1. The van der Waals surface area contributed by atoms with Crippen molar-refractivity contribution >= 4 is 17.2 Å². The van der Waals surface area contributed by atoms with Gasteiger partial charge in [0.2, 0.25) is 5.91 Å². The van der Waals surface area contributed by atoms with Gasteiger partial charge in [-0.25, -0.2) is 9.97 Å². The van der Waals surface area contributed by atoms with Gasteiger partial charge in [-0.15, -0.1) is 0 Å². The van der Waals surface area contributed by atoms with Crippen LogP contribution in [0.15, 0.2) is 67.1 Å². The number of nitrogens with one attached hydrogen (secondary N) is 1. The standard InChI is InChI=1S/C31H33F3N6O/c32-31(33,34)24-3-1-4-27(17-24)39-15-11-23(19-39)30(41)40-16-12-26(20-40)38-25-8-5-21(6-9-25)28-10-7-22(18-37-28)29-35-13-2-14-36-29/h1-5,7,10,13-14,17-18,23,25-26,38H,6,8-9,11-12,15-16,19-20H2/t23?,25?,26-/m0/s1. The number of carbonyl (C=O) groups excluding carboxylic acids is 1. The number of hydrogen-bond donors (Lipinski definition) is 1. The summed E-state index contributed by atoms with van der Waals surface area (Å²) in [6.07, 6.45) is 7.59. The third-order valence-electron chi connectivity index (χ3n) is 8.37. The first-order valence-corrected chi connectivity index (χ1v) is 14.2. The number of pyridine rings is 1. The Labute approximate surface area is 237 Å². The molecule has 1 amide bonds. The van der Waals surface area contributed by atoms with Crippen molar-refractivity contribution in [3.63, 3.8) is 0 Å². The Morgan fingerprint density at radius 1 is 0.927 bits per heavy atom. The van der Waals surface area contributed by atoms with Crippen LogP contribution in [0.4, 0.5) is 18.9 Å². The van der Waals surface area contributed by atoms with Crippen molar-refractivity contribution in [3.05, 3.63) is 78.4 Å². The number of nitrogens with zero attached hydrogens (tertiary/aromatic N) is 5. The Balaban J connectivity index is 0.982. The van der Waals surface area contributed by atoms with Gasteiger partial charge in [-0.2, -0.15) is 13.2 Å². The molecular weight excluding hydrogens is 529 g/mol. The van der Waals surface area contributed by atoms with E-state index in [1.54, 1.807) is 24.5 Å². The van der Waals surface area contributed by atoms with Gasteiger partial charge >= 0.3 is 6.18 Å². The Morgan fingerprint density at radius 2 is 1.78 bits per heavy atom. The summed E-state index contributed by atoms with van der Waals surface area (Å²) in [5.41, 5.74) is 2.99. The van der Waals surface area contributed by atoms with E-state index in [4.69, 9.17) is 0 Å². The van der Waals surface area contributed by atoms with E-state index >= 15 is 0 Å². The van der Waals surface area contributed by atoms with Crippen LogP contribution in [-0.4, -0.2) is 64.0 Å². The zero-order valence-corrected chi connectivity index (χ0v) is 22.7. The predicted molar refractivity (Wildman–Crippen MR) is 151 cm³/mol. The number of likely N-dealkylation sites (tertiary alicyclic amines) is 1. The zero-order chi connectivity index (χ0) is 28.4. The molecule has 1 N–H and O–H groups in total. The summed E-state index contributed by atoms with van der Waals surface area (Å²) < 4.78 is 39.4. The molecule has 4 heterocycles. The third kappa shape index (κ3) is 6.27. The van der Waals surface area contributed by atoms with E-state index in [0.29, 0.717) is 50.2 Å². The van der Waals surface area contributed by atoms with Gasteiger partial charge in [-0.05, 0) is 74.1 Å². The van der Waals surface area contributed by atoms with E-state index in [1.165, 1.54) is 17.7 Å². The Morgan fingerprint density at radius 3 is 2.51 bits per heavy atom. The summed E-state index contributed by atoms with van der Waals surface area (Å²) in [5.74, 6) is 0.597. The van der Waals surface area contributed by atoms with Crippen LogP contribution in [-0.2, 0) is 11.0 Å². The second-order valence-corrected chi connectivity index (χ2v) is 11.1. The topological polar surface area (TPSA) is 74.2 Å². The van der Waals surface area contributed by atoms with E-state index in [9.17, 15) is 18.0 Å². The number of allylic oxidation sites excluding steroid dienone is 1. The minimum atomic E-state index is -4.38. The highest BCUT2D eigenvalue weighted by Crippen LogP contribution is 2.34. The van der Waals surface area contributed by atoms with Crippen LogP contribution < -0.4 is 10.2 Å². The second kappa shape index (κ2) is 11.6. The van der Waals surface area contributed by atoms with Gasteiger partial charge in [0.05, 0.1) is 17.2 Å². The van der Waals surface area contributed by atoms with Gasteiger partial charge in [-0.3, -0.25) is 9.78 Å². The summed E-state index contributed by atoms with van der Waals surface area (Å²) >= 11 is 0. The largest absolute Gasteiger partial charge is 0.416 e. The first kappa shape index (κ1) is 27.4. The second-order valence-electron chi connectivity index (χ2n) is 11.1. The Hall–Kier alpha value is -3.79. The lowest BCUT2D eigenvalue weighted by Gasteiger charge is -2.27. The van der Waals surface area contributed by atoms with E-state index < -0.39 is 11.7 Å². The molecule has 6 rings (SSSR count). The number of aromatic nitrogens is 3. The van der Waals surface area contributed by atoms with Crippen LogP contribution in [0, 0.1) is 5.92 Å². The van der Waals surface area contributed by atoms with E-state index in [0.717, 1.165) is 43.0 Å². The summed E-state index contributed by atoms with van der Waals surface area (Å²) in [6, 6.07) is 11.8. The highest BCUT2D eigenvalue weighted by Gasteiger charge is 2.36. The van der Waals surface area contributed by atoms with Gasteiger partial charge < -0.3 is 15.1 Å². The van der Waals surface area contributed by atoms with Crippen molar-refractivity contribution in [2.24, 2.45) is 5.92 Å². The SMILES string of the molecule is O=C(C1CCN(c2cccc(C(F)(F)F)c2)C1)N1CC[C@H](NC2CC=C(c3ccc(-c4ncccn4)cn3)CC2)C1. The number of carbonyl (C=O) groups is 1. The maximum absolute atomic E-state index is 13.3. The quantitative estimate of drug-likeness (QED) is 0.445. The lowest BCUT2D eigenvalue weighted by molar-refractivity contribution is -0.137. The molecule has 2 unspecified atom stereocenters. The maximum atomic E-state index is 13.3. The normalized spacial score (nSPS) is 23.1. The van der Waals surface area contributed by atoms with Crippen molar-refractivity contribution in [1.82, 2.24) is 25.2 Å². The summed E-state index contributed by atoms with van der Waals surface area (Å²) in [7, 11) is 0. The Kier molecular flexibility index (Phi) is 7.75. The molecule has 1 aromatic carbocycles. The summed E-state index contributed by atoms with van der Waals surface area (Å²) in [5, 5.41) is 3.76. The molecule has 214 valence electrons. The van der Waals surface area contributed by atoms with Gasteiger partial charge in [0.1, 0.15) is 0 Å². The van der Waals surface area contributed by atoms with Crippen molar-refractivity contribution in [2.75, 3.05) is 31.1 Å². The van der Waals surface area contributed by atoms with Crippen LogP contribution in [0.25, 0.3) is 17.0 Å². The first-order valence-electron chi connectivity index (χ1n) is 14.2. The van der Waals surface area contributed by atoms with Gasteiger partial charge in [0, 0.05) is 68.1 Å². The van der Waals surface area contributed by atoms with Crippen LogP contribution in [0.2, 0.25) is 0 Å². The van der Waals surface area contributed by atoms with Gasteiger partial charge in [-0.1, -0.05) is 12.1 Å².